The third-order valence-electron chi connectivity index (χ3n) is 4.13. The molecule has 31 heavy (non-hydrogen) atoms. The summed E-state index contributed by atoms with van der Waals surface area (Å²) >= 11 is 6.75. The lowest BCUT2D eigenvalue weighted by Gasteiger charge is -2.13. The normalized spacial score (nSPS) is 15.1. The number of hydrogen-bond donors (Lipinski definition) is 0. The molecular formula is C22H19ClFNO5S. The predicted molar refractivity (Wildman–Crippen MR) is 116 cm³/mol. The second kappa shape index (κ2) is 9.98. The summed E-state index contributed by atoms with van der Waals surface area (Å²) in [6, 6.07) is 11.1. The first-order valence-electron chi connectivity index (χ1n) is 9.35. The number of halogens is 2. The van der Waals surface area contributed by atoms with Crippen LogP contribution in [0.5, 0.6) is 5.75 Å². The Morgan fingerprint density at radius 1 is 1.23 bits per heavy atom. The van der Waals surface area contributed by atoms with E-state index in [2.05, 4.69) is 0 Å². The molecule has 0 N–H and O–H groups in total. The summed E-state index contributed by atoms with van der Waals surface area (Å²) in [5, 5.41) is -0.278. The van der Waals surface area contributed by atoms with Crippen LogP contribution >= 0.6 is 23.4 Å². The van der Waals surface area contributed by atoms with Crippen molar-refractivity contribution in [1.29, 1.82) is 0 Å². The fourth-order valence-corrected chi connectivity index (χ4v) is 3.79. The van der Waals surface area contributed by atoms with Crippen LogP contribution in [0.2, 0.25) is 5.02 Å². The lowest BCUT2D eigenvalue weighted by atomic mass is 10.2. The maximum Gasteiger partial charge on any atom is 0.326 e. The Morgan fingerprint density at radius 3 is 2.68 bits per heavy atom. The van der Waals surface area contributed by atoms with E-state index in [1.165, 1.54) is 18.2 Å². The van der Waals surface area contributed by atoms with Crippen LogP contribution in [-0.2, 0) is 20.9 Å². The fourth-order valence-electron chi connectivity index (χ4n) is 2.74. The minimum absolute atomic E-state index is 0.0660. The van der Waals surface area contributed by atoms with Crippen LogP contribution in [0, 0.1) is 5.82 Å². The number of esters is 1. The zero-order valence-corrected chi connectivity index (χ0v) is 18.3. The average Bonchev–Trinajstić information content (AvgIpc) is 2.94. The molecule has 0 radical (unpaired) electrons. The molecule has 0 spiro atoms. The van der Waals surface area contributed by atoms with Crippen LogP contribution in [0.25, 0.3) is 6.08 Å². The molecule has 3 rings (SSSR count). The van der Waals surface area contributed by atoms with Gasteiger partial charge in [-0.3, -0.25) is 19.3 Å². The minimum atomic E-state index is -0.652. The maximum absolute atomic E-state index is 13.9. The predicted octanol–water partition coefficient (Wildman–Crippen LogP) is 5.05. The van der Waals surface area contributed by atoms with Crippen LogP contribution in [0.1, 0.15) is 25.0 Å². The molecule has 0 unspecified atom stereocenters. The van der Waals surface area contributed by atoms with Crippen molar-refractivity contribution in [1.82, 2.24) is 4.90 Å². The molecule has 2 aromatic carbocycles. The number of carbonyl (C=O) groups is 3. The number of rotatable bonds is 7. The van der Waals surface area contributed by atoms with Crippen molar-refractivity contribution in [3.05, 3.63) is 69.3 Å². The Hall–Kier alpha value is -2.84. The van der Waals surface area contributed by atoms with Crippen molar-refractivity contribution in [2.45, 2.75) is 26.6 Å². The quantitative estimate of drug-likeness (QED) is 0.423. The first kappa shape index (κ1) is 22.8. The smallest absolute Gasteiger partial charge is 0.326 e. The largest absolute Gasteiger partial charge is 0.489 e. The fraction of sp³-hybridized carbons (Fsp3) is 0.227. The molecule has 9 heteroatoms. The number of nitrogens with zero attached hydrogens (tertiary/aromatic N) is 1. The Labute approximate surface area is 188 Å². The van der Waals surface area contributed by atoms with Gasteiger partial charge in [0.1, 0.15) is 24.7 Å². The highest BCUT2D eigenvalue weighted by Gasteiger charge is 2.36. The molecule has 1 heterocycles. The van der Waals surface area contributed by atoms with Crippen molar-refractivity contribution in [2.24, 2.45) is 0 Å². The van der Waals surface area contributed by atoms with E-state index in [-0.39, 0.29) is 28.2 Å². The van der Waals surface area contributed by atoms with E-state index in [0.29, 0.717) is 11.3 Å². The van der Waals surface area contributed by atoms with Gasteiger partial charge in [0.25, 0.3) is 11.1 Å². The lowest BCUT2D eigenvalue weighted by Crippen LogP contribution is -2.35. The van der Waals surface area contributed by atoms with Gasteiger partial charge in [0.05, 0.1) is 16.0 Å². The van der Waals surface area contributed by atoms with Crippen LogP contribution < -0.4 is 4.74 Å². The van der Waals surface area contributed by atoms with Crippen molar-refractivity contribution in [2.75, 3.05) is 6.54 Å². The molecule has 2 aromatic rings. The third-order valence-corrected chi connectivity index (χ3v) is 5.39. The van der Waals surface area contributed by atoms with Gasteiger partial charge in [-0.2, -0.15) is 0 Å². The molecule has 1 aliphatic rings. The number of benzene rings is 2. The van der Waals surface area contributed by atoms with Crippen LogP contribution in [0.15, 0.2) is 47.4 Å². The first-order valence-corrected chi connectivity index (χ1v) is 10.5. The maximum atomic E-state index is 13.9. The SMILES string of the molecule is CC(C)OC(=O)CN1C(=O)S/C(=C/c2cccc(OCc3c(F)cccc3Cl)c2)C1=O. The van der Waals surface area contributed by atoms with Gasteiger partial charge in [-0.05, 0) is 61.5 Å². The number of ether oxygens (including phenoxy) is 2. The number of carbonyl (C=O) groups excluding carboxylic acids is 3. The van der Waals surface area contributed by atoms with E-state index >= 15 is 0 Å². The molecule has 1 aliphatic heterocycles. The minimum Gasteiger partial charge on any atom is -0.489 e. The van der Waals surface area contributed by atoms with Crippen molar-refractivity contribution in [3.8, 4) is 5.75 Å². The van der Waals surface area contributed by atoms with Crippen LogP contribution in [0.3, 0.4) is 0 Å². The number of imide groups is 1. The van der Waals surface area contributed by atoms with Gasteiger partial charge in [-0.25, -0.2) is 4.39 Å². The van der Waals surface area contributed by atoms with Crippen molar-refractivity contribution in [3.63, 3.8) is 0 Å². The van der Waals surface area contributed by atoms with Crippen molar-refractivity contribution < 1.29 is 28.2 Å². The summed E-state index contributed by atoms with van der Waals surface area (Å²) in [5.41, 5.74) is 0.844. The molecule has 162 valence electrons. The van der Waals surface area contributed by atoms with Gasteiger partial charge < -0.3 is 9.47 Å². The summed E-state index contributed by atoms with van der Waals surface area (Å²) in [5.74, 6) is -1.25. The molecule has 2 amide bonds. The van der Waals surface area contributed by atoms with E-state index in [0.717, 1.165) is 16.7 Å². The monoisotopic (exact) mass is 463 g/mol. The molecule has 0 bridgehead atoms. The number of hydrogen-bond acceptors (Lipinski definition) is 6. The van der Waals surface area contributed by atoms with Crippen molar-refractivity contribution >= 4 is 46.6 Å². The standard InChI is InChI=1S/C22H19ClFNO5S/c1-13(2)30-20(26)11-25-21(27)19(31-22(25)28)10-14-5-3-6-15(9-14)29-12-16-17(23)7-4-8-18(16)24/h3-10,13H,11-12H2,1-2H3/b19-10+. The van der Waals surface area contributed by atoms with E-state index in [4.69, 9.17) is 21.1 Å². The average molecular weight is 464 g/mol. The van der Waals surface area contributed by atoms with Crippen LogP contribution in [-0.4, -0.2) is 34.7 Å². The Morgan fingerprint density at radius 2 is 1.97 bits per heavy atom. The Balaban J connectivity index is 1.70. The molecule has 0 atom stereocenters. The second-order valence-corrected chi connectivity index (χ2v) is 8.27. The molecule has 6 nitrogen and oxygen atoms in total. The van der Waals surface area contributed by atoms with E-state index in [9.17, 15) is 18.8 Å². The highest BCUT2D eigenvalue weighted by atomic mass is 35.5. The van der Waals surface area contributed by atoms with E-state index < -0.39 is 29.5 Å². The Bertz CT molecular complexity index is 1040. The van der Waals surface area contributed by atoms with Gasteiger partial charge >= 0.3 is 5.97 Å². The zero-order chi connectivity index (χ0) is 22.5. The number of amides is 2. The Kier molecular flexibility index (Phi) is 7.35. The van der Waals surface area contributed by atoms with Gasteiger partial charge in [0.2, 0.25) is 0 Å². The van der Waals surface area contributed by atoms with Gasteiger partial charge in [0, 0.05) is 5.56 Å². The summed E-state index contributed by atoms with van der Waals surface area (Å²) < 4.78 is 24.5. The van der Waals surface area contributed by atoms with Gasteiger partial charge in [0.15, 0.2) is 0 Å². The number of thioether (sulfide) groups is 1. The summed E-state index contributed by atoms with van der Waals surface area (Å²) in [6.07, 6.45) is 1.19. The molecule has 1 fully saturated rings. The summed E-state index contributed by atoms with van der Waals surface area (Å²) in [7, 11) is 0. The molecule has 0 aromatic heterocycles. The molecular weight excluding hydrogens is 445 g/mol. The molecule has 1 saturated heterocycles. The van der Waals surface area contributed by atoms with Crippen LogP contribution in [0.4, 0.5) is 9.18 Å². The zero-order valence-electron chi connectivity index (χ0n) is 16.8. The summed E-state index contributed by atoms with van der Waals surface area (Å²) in [6.45, 7) is 2.86. The van der Waals surface area contributed by atoms with Gasteiger partial charge in [-0.15, -0.1) is 0 Å². The van der Waals surface area contributed by atoms with E-state index in [1.54, 1.807) is 44.2 Å². The third kappa shape index (κ3) is 5.86. The summed E-state index contributed by atoms with van der Waals surface area (Å²) in [4.78, 5) is 37.5. The first-order chi connectivity index (χ1) is 14.7. The highest BCUT2D eigenvalue weighted by molar-refractivity contribution is 8.18. The topological polar surface area (TPSA) is 72.9 Å². The second-order valence-electron chi connectivity index (χ2n) is 6.87. The van der Waals surface area contributed by atoms with E-state index in [1.807, 2.05) is 0 Å². The highest BCUT2D eigenvalue weighted by Crippen LogP contribution is 2.32. The molecule has 0 aliphatic carbocycles. The van der Waals surface area contributed by atoms with Gasteiger partial charge in [-0.1, -0.05) is 29.8 Å². The lowest BCUT2D eigenvalue weighted by molar-refractivity contribution is -0.149. The molecule has 0 saturated carbocycles.